The zero-order valence-corrected chi connectivity index (χ0v) is 23.5. The molecule has 0 N–H and O–H groups in total. The zero-order valence-electron chi connectivity index (χ0n) is 22.5. The molecule has 1 unspecified atom stereocenters. The maximum absolute atomic E-state index is 13.6. The van der Waals surface area contributed by atoms with Crippen LogP contribution in [0.25, 0.3) is 0 Å². The molecule has 2 aliphatic carbocycles. The second-order valence-electron chi connectivity index (χ2n) is 11.2. The first-order valence-corrected chi connectivity index (χ1v) is 15.7. The van der Waals surface area contributed by atoms with Gasteiger partial charge >= 0.3 is 11.9 Å². The number of rotatable bonds is 8. The fourth-order valence-corrected chi connectivity index (χ4v) is 12.6. The maximum atomic E-state index is 13.6. The lowest BCUT2D eigenvalue weighted by molar-refractivity contribution is -0.179. The van der Waals surface area contributed by atoms with E-state index in [1.54, 1.807) is 0 Å². The van der Waals surface area contributed by atoms with Gasteiger partial charge in [-0.1, -0.05) is 67.2 Å². The molecule has 0 aromatic rings. The number of ether oxygens (including phenoxy) is 2. The smallest absolute Gasteiger partial charge is 0.324 e. The van der Waals surface area contributed by atoms with Crippen LogP contribution >= 0.6 is 0 Å². The molecule has 0 bridgehead atoms. The van der Waals surface area contributed by atoms with Crippen LogP contribution in [0, 0.1) is 34.6 Å². The van der Waals surface area contributed by atoms with Crippen molar-refractivity contribution in [2.45, 2.75) is 117 Å². The van der Waals surface area contributed by atoms with Crippen molar-refractivity contribution in [2.75, 3.05) is 13.2 Å². The van der Waals surface area contributed by atoms with Gasteiger partial charge < -0.3 is 9.47 Å². The largest absolute Gasteiger partial charge is 0.465 e. The fraction of sp³-hybridized carbons (Fsp3) is 0.857. The Hall–Kier alpha value is -1.28. The molecule has 0 aliphatic heterocycles. The van der Waals surface area contributed by atoms with E-state index in [1.807, 2.05) is 13.8 Å². The molecule has 0 heterocycles. The molecule has 0 radical (unpaired) electrons. The Morgan fingerprint density at radius 3 is 1.88 bits per heavy atom. The van der Waals surface area contributed by atoms with Crippen LogP contribution in [-0.4, -0.2) is 33.2 Å². The summed E-state index contributed by atoms with van der Waals surface area (Å²) in [6.45, 7) is 18.1. The second kappa shape index (κ2) is 11.9. The van der Waals surface area contributed by atoms with E-state index < -0.39 is 13.5 Å². The van der Waals surface area contributed by atoms with Crippen LogP contribution in [0.3, 0.4) is 0 Å². The summed E-state index contributed by atoms with van der Waals surface area (Å²) in [5, 5.41) is 0. The van der Waals surface area contributed by atoms with E-state index in [1.165, 1.54) is 12.8 Å². The van der Waals surface area contributed by atoms with E-state index in [0.717, 1.165) is 25.7 Å². The minimum Gasteiger partial charge on any atom is -0.465 e. The Balaban J connectivity index is 2.54. The zero-order chi connectivity index (χ0) is 24.8. The van der Waals surface area contributed by atoms with Gasteiger partial charge in [-0.3, -0.25) is 9.59 Å². The van der Waals surface area contributed by atoms with Crippen LogP contribution in [0.15, 0.2) is 0 Å². The van der Waals surface area contributed by atoms with Crippen LogP contribution in [-0.2, 0) is 19.1 Å². The third-order valence-electron chi connectivity index (χ3n) is 8.72. The van der Waals surface area contributed by atoms with Crippen molar-refractivity contribution < 1.29 is 19.1 Å². The molecule has 2 aliphatic rings. The Morgan fingerprint density at radius 2 is 1.39 bits per heavy atom. The summed E-state index contributed by atoms with van der Waals surface area (Å²) in [5.41, 5.74) is 4.28. The van der Waals surface area contributed by atoms with Crippen LogP contribution in [0.4, 0.5) is 0 Å². The van der Waals surface area contributed by atoms with Crippen LogP contribution in [0.1, 0.15) is 100 Å². The van der Waals surface area contributed by atoms with Crippen molar-refractivity contribution in [2.24, 2.45) is 23.2 Å². The first-order valence-electron chi connectivity index (χ1n) is 13.4. The number of esters is 2. The van der Waals surface area contributed by atoms with Gasteiger partial charge in [0.25, 0.3) is 0 Å². The van der Waals surface area contributed by atoms with Gasteiger partial charge in [-0.25, -0.2) is 0 Å². The van der Waals surface area contributed by atoms with E-state index >= 15 is 0 Å². The lowest BCUT2D eigenvalue weighted by atomic mass is 9.68. The Morgan fingerprint density at radius 1 is 0.879 bits per heavy atom. The molecule has 0 amide bonds. The number of fused-ring (bicyclic) bond motifs is 1. The summed E-state index contributed by atoms with van der Waals surface area (Å²) >= 11 is 0. The van der Waals surface area contributed by atoms with E-state index in [0.29, 0.717) is 29.0 Å². The standard InChI is InChI=1S/C28H48O4Si/c1-9-31-26(29)28(27(30)32-10-2)24(19-23-15-12-11-13-17-25(23)28)16-14-18-33(20(3)4,21(5)6)22(7)8/h20-25H,9-13,15-17,19H2,1-8H3/t23-,24?,25-/m1/s1. The van der Waals surface area contributed by atoms with Gasteiger partial charge in [0.1, 0.15) is 8.07 Å². The lowest BCUT2D eigenvalue weighted by Gasteiger charge is -2.38. The second-order valence-corrected chi connectivity index (χ2v) is 16.7. The van der Waals surface area contributed by atoms with E-state index in [4.69, 9.17) is 9.47 Å². The van der Waals surface area contributed by atoms with Crippen LogP contribution in [0.2, 0.25) is 16.6 Å². The Labute approximate surface area is 204 Å². The van der Waals surface area contributed by atoms with Gasteiger partial charge in [-0.05, 0) is 61.1 Å². The van der Waals surface area contributed by atoms with Crippen molar-refractivity contribution in [1.29, 1.82) is 0 Å². The molecular weight excluding hydrogens is 428 g/mol. The van der Waals surface area contributed by atoms with Gasteiger partial charge in [0.15, 0.2) is 5.41 Å². The SMILES string of the molecule is CCOC(=O)C1(C(=O)OCC)C(CC#C[Si](C(C)C)(C(C)C)C(C)C)C[C@H]2CCCCC[C@H]21. The first-order chi connectivity index (χ1) is 15.6. The van der Waals surface area contributed by atoms with Gasteiger partial charge in [-0.2, -0.15) is 0 Å². The molecule has 0 saturated heterocycles. The number of carbonyl (C=O) groups is 2. The lowest BCUT2D eigenvalue weighted by Crippen LogP contribution is -2.50. The predicted octanol–water partition coefficient (Wildman–Crippen LogP) is 6.93. The molecule has 2 saturated carbocycles. The highest BCUT2D eigenvalue weighted by Crippen LogP contribution is 2.58. The quantitative estimate of drug-likeness (QED) is 0.165. The van der Waals surface area contributed by atoms with Gasteiger partial charge in [0.2, 0.25) is 0 Å². The summed E-state index contributed by atoms with van der Waals surface area (Å²) in [5.74, 6) is 3.09. The number of hydrogen-bond donors (Lipinski definition) is 0. The summed E-state index contributed by atoms with van der Waals surface area (Å²) < 4.78 is 11.2. The molecule has 0 aromatic carbocycles. The summed E-state index contributed by atoms with van der Waals surface area (Å²) in [4.78, 5) is 27.2. The fourth-order valence-electron chi connectivity index (χ4n) is 7.35. The van der Waals surface area contributed by atoms with Crippen molar-refractivity contribution >= 4 is 20.0 Å². The van der Waals surface area contributed by atoms with E-state index in [-0.39, 0.29) is 37.0 Å². The minimum absolute atomic E-state index is 0.00667. The Bertz CT molecular complexity index is 690. The van der Waals surface area contributed by atoms with Crippen LogP contribution < -0.4 is 0 Å². The highest BCUT2D eigenvalue weighted by molar-refractivity contribution is 6.90. The number of carbonyl (C=O) groups excluding carboxylic acids is 2. The van der Waals surface area contributed by atoms with Crippen molar-refractivity contribution in [3.05, 3.63) is 0 Å². The minimum atomic E-state index is -1.87. The molecule has 3 atom stereocenters. The third kappa shape index (κ3) is 5.21. The average Bonchev–Trinajstić information content (AvgIpc) is 2.87. The predicted molar refractivity (Wildman–Crippen MR) is 137 cm³/mol. The molecule has 33 heavy (non-hydrogen) atoms. The third-order valence-corrected chi connectivity index (χ3v) is 15.1. The topological polar surface area (TPSA) is 52.6 Å². The highest BCUT2D eigenvalue weighted by Gasteiger charge is 2.65. The molecule has 0 spiro atoms. The summed E-state index contributed by atoms with van der Waals surface area (Å²) in [7, 11) is -1.87. The molecule has 188 valence electrons. The Kier molecular flexibility index (Phi) is 10.1. The van der Waals surface area contributed by atoms with Gasteiger partial charge in [0.05, 0.1) is 13.2 Å². The normalized spacial score (nSPS) is 24.8. The summed E-state index contributed by atoms with van der Waals surface area (Å²) in [6.07, 6.45) is 6.83. The van der Waals surface area contributed by atoms with Crippen molar-refractivity contribution in [3.63, 3.8) is 0 Å². The van der Waals surface area contributed by atoms with Crippen molar-refractivity contribution in [1.82, 2.24) is 0 Å². The number of hydrogen-bond acceptors (Lipinski definition) is 4. The van der Waals surface area contributed by atoms with E-state index in [2.05, 4.69) is 53.0 Å². The molecule has 2 fully saturated rings. The average molecular weight is 477 g/mol. The van der Waals surface area contributed by atoms with Gasteiger partial charge in [0, 0.05) is 6.42 Å². The monoisotopic (exact) mass is 476 g/mol. The van der Waals surface area contributed by atoms with E-state index in [9.17, 15) is 9.59 Å². The molecule has 4 nitrogen and oxygen atoms in total. The van der Waals surface area contributed by atoms with Gasteiger partial charge in [-0.15, -0.1) is 11.5 Å². The first kappa shape index (κ1) is 28.0. The molecule has 0 aromatic heterocycles. The molecule has 5 heteroatoms. The van der Waals surface area contributed by atoms with Crippen molar-refractivity contribution in [3.8, 4) is 11.5 Å². The highest BCUT2D eigenvalue weighted by atomic mass is 28.3. The van der Waals surface area contributed by atoms with Crippen LogP contribution in [0.5, 0.6) is 0 Å². The molecule has 2 rings (SSSR count). The summed E-state index contributed by atoms with van der Waals surface area (Å²) in [6, 6.07) is 0. The molecular formula is C28H48O4Si. The maximum Gasteiger partial charge on any atom is 0.324 e.